The fourth-order valence-electron chi connectivity index (χ4n) is 8.30. The van der Waals surface area contributed by atoms with Crippen LogP contribution in [0.1, 0.15) is 34.7 Å². The number of hydrogen-bond acceptors (Lipinski definition) is 4. The lowest BCUT2D eigenvalue weighted by molar-refractivity contribution is 0.820. The first-order valence-electron chi connectivity index (χ1n) is 21.1. The summed E-state index contributed by atoms with van der Waals surface area (Å²) in [7, 11) is 0. The fraction of sp³-hybridized carbons (Fsp3) is 0.0517. The van der Waals surface area contributed by atoms with Gasteiger partial charge >= 0.3 is 0 Å². The molecular weight excluding hydrogens is 767 g/mol. The van der Waals surface area contributed by atoms with Gasteiger partial charge in [0.1, 0.15) is 0 Å². The maximum atomic E-state index is 6.92. The van der Waals surface area contributed by atoms with Gasteiger partial charge in [0.2, 0.25) is 0 Å². The summed E-state index contributed by atoms with van der Waals surface area (Å²) in [5, 5.41) is 7.47. The normalized spacial score (nSPS) is 17.1. The van der Waals surface area contributed by atoms with Crippen LogP contribution in [0.15, 0.2) is 236 Å². The Hall–Kier alpha value is -7.99. The Morgan fingerprint density at radius 2 is 1.29 bits per heavy atom. The number of nitrogens with zero attached hydrogens (tertiary/aromatic N) is 3. The predicted molar refractivity (Wildman–Crippen MR) is 272 cm³/mol. The Bertz CT molecular complexity index is 3120. The third-order valence-electron chi connectivity index (χ3n) is 11.4. The Kier molecular flexibility index (Phi) is 12.7. The molecule has 0 spiro atoms. The summed E-state index contributed by atoms with van der Waals surface area (Å²) in [6.07, 6.45) is 17.9. The predicted octanol–water partition coefficient (Wildman–Crippen LogP) is 14.6. The van der Waals surface area contributed by atoms with E-state index in [1.165, 1.54) is 21.7 Å². The van der Waals surface area contributed by atoms with Gasteiger partial charge in [0, 0.05) is 28.7 Å². The van der Waals surface area contributed by atoms with E-state index in [9.17, 15) is 0 Å². The van der Waals surface area contributed by atoms with Crippen molar-refractivity contribution in [3.8, 4) is 0 Å². The molecule has 5 nitrogen and oxygen atoms in total. The smallest absolute Gasteiger partial charge is 0.0562 e. The zero-order chi connectivity index (χ0) is 43.7. The van der Waals surface area contributed by atoms with Crippen molar-refractivity contribution in [2.75, 3.05) is 4.90 Å². The van der Waals surface area contributed by atoms with E-state index in [4.69, 9.17) is 5.73 Å². The molecule has 1 aliphatic heterocycles. The number of aromatic nitrogens is 1. The van der Waals surface area contributed by atoms with Crippen LogP contribution in [0.4, 0.5) is 17.1 Å². The summed E-state index contributed by atoms with van der Waals surface area (Å²) in [5.41, 5.74) is 21.0. The Morgan fingerprint density at radius 3 is 2.05 bits per heavy atom. The first kappa shape index (κ1) is 41.7. The number of allylic oxidation sites excluding steroid dienone is 10. The van der Waals surface area contributed by atoms with E-state index in [2.05, 4.69) is 223 Å². The second-order valence-corrected chi connectivity index (χ2v) is 15.6. The molecule has 0 amide bonds. The molecular formula is C58H51N5. The number of aryl methyl sites for hydroxylation is 1. The van der Waals surface area contributed by atoms with Crippen LogP contribution >= 0.6 is 0 Å². The number of rotatable bonds is 4. The monoisotopic (exact) mass is 817 g/mol. The highest BCUT2D eigenvalue weighted by atomic mass is 15.2. The second-order valence-electron chi connectivity index (χ2n) is 15.6. The van der Waals surface area contributed by atoms with E-state index in [0.717, 1.165) is 79.0 Å². The molecule has 7 aromatic carbocycles. The van der Waals surface area contributed by atoms with Crippen LogP contribution in [0.3, 0.4) is 0 Å². The maximum absolute atomic E-state index is 6.92. The van der Waals surface area contributed by atoms with E-state index in [-0.39, 0.29) is 6.04 Å². The Labute approximate surface area is 370 Å². The number of hydrogen-bond donors (Lipinski definition) is 2. The maximum Gasteiger partial charge on any atom is 0.0562 e. The summed E-state index contributed by atoms with van der Waals surface area (Å²) in [4.78, 5) is 2.39. The van der Waals surface area contributed by atoms with Gasteiger partial charge in [0.25, 0.3) is 0 Å². The van der Waals surface area contributed by atoms with Crippen molar-refractivity contribution in [1.82, 2.24) is 4.57 Å². The zero-order valence-corrected chi connectivity index (χ0v) is 35.6. The SMILES string of the molecule is C=C1/C=C\C=C/C/C(C(N)c2ccccc2)=C\C=C/1n1c2ccccc2c2cc3c(cc21)N(c1ccc2ccccc2c1)c1ccccc1/C=C\C3=C.C=NN.Cc1ccccc1. The molecule has 1 atom stereocenters. The number of para-hydroxylation sites is 2. The molecule has 10 rings (SSSR count). The first-order valence-corrected chi connectivity index (χ1v) is 21.1. The molecule has 8 aromatic rings. The summed E-state index contributed by atoms with van der Waals surface area (Å²) in [6, 6.07) is 57.5. The molecule has 5 heteroatoms. The zero-order valence-electron chi connectivity index (χ0n) is 35.6. The van der Waals surface area contributed by atoms with E-state index in [0.29, 0.717) is 0 Å². The lowest BCUT2D eigenvalue weighted by Crippen LogP contribution is -2.14. The van der Waals surface area contributed by atoms with Gasteiger partial charge in [-0.15, -0.1) is 0 Å². The summed E-state index contributed by atoms with van der Waals surface area (Å²) < 4.78 is 2.37. The fourth-order valence-corrected chi connectivity index (χ4v) is 8.30. The molecule has 4 N–H and O–H groups in total. The van der Waals surface area contributed by atoms with Gasteiger partial charge in [-0.2, -0.15) is 5.10 Å². The van der Waals surface area contributed by atoms with E-state index in [1.54, 1.807) is 0 Å². The van der Waals surface area contributed by atoms with Crippen molar-refractivity contribution in [1.29, 1.82) is 0 Å². The van der Waals surface area contributed by atoms with Gasteiger partial charge in [0.05, 0.1) is 34.1 Å². The molecule has 2 heterocycles. The van der Waals surface area contributed by atoms with Crippen LogP contribution in [0.25, 0.3) is 49.9 Å². The van der Waals surface area contributed by atoms with Crippen molar-refractivity contribution < 1.29 is 0 Å². The molecule has 0 fully saturated rings. The first-order chi connectivity index (χ1) is 30.9. The van der Waals surface area contributed by atoms with Crippen molar-refractivity contribution in [3.05, 3.63) is 253 Å². The highest BCUT2D eigenvalue weighted by Crippen LogP contribution is 2.47. The van der Waals surface area contributed by atoms with Crippen LogP contribution in [0, 0.1) is 6.92 Å². The number of hydrazone groups is 1. The molecule has 63 heavy (non-hydrogen) atoms. The van der Waals surface area contributed by atoms with Crippen LogP contribution in [0.2, 0.25) is 0 Å². The minimum atomic E-state index is -0.234. The molecule has 308 valence electrons. The van der Waals surface area contributed by atoms with E-state index >= 15 is 0 Å². The van der Waals surface area contributed by atoms with Gasteiger partial charge in [-0.25, -0.2) is 0 Å². The standard InChI is InChI=1S/C50H39N3.C7H8.CH4N2/c1-34-25-26-37-17-11-13-23-46(37)52(41-29-27-36-16-9-10-21-40(36)31-41)48-33-49-44(32-43(34)48)42-22-12-14-24-47(42)53(49)45-30-28-39(20-6-3-5-15-35(45)2)50(51)38-18-7-4-8-19-38;1-7-5-3-2-4-6-7;1-3-2/h3-19,21-33,50H,1-2,20,51H2;2-6H,1H3;1-2H2/b6-3-,15-5-,26-25-,39-28+,45-30+;;. The van der Waals surface area contributed by atoms with Crippen LogP contribution in [-0.4, -0.2) is 11.3 Å². The van der Waals surface area contributed by atoms with Crippen LogP contribution < -0.4 is 16.5 Å². The van der Waals surface area contributed by atoms with Gasteiger partial charge in [-0.05, 0) is 94.4 Å². The minimum Gasteiger partial charge on any atom is -0.324 e. The quantitative estimate of drug-likeness (QED) is 0.106. The van der Waals surface area contributed by atoms with Crippen molar-refractivity contribution in [2.24, 2.45) is 16.7 Å². The summed E-state index contributed by atoms with van der Waals surface area (Å²) in [6.45, 7) is 14.2. The number of fused-ring (bicyclic) bond motifs is 6. The molecule has 1 aliphatic carbocycles. The molecule has 0 radical (unpaired) electrons. The van der Waals surface area contributed by atoms with Gasteiger partial charge in [-0.3, -0.25) is 0 Å². The molecule has 0 bridgehead atoms. The third-order valence-corrected chi connectivity index (χ3v) is 11.4. The third kappa shape index (κ3) is 8.92. The van der Waals surface area contributed by atoms with Gasteiger partial charge < -0.3 is 21.0 Å². The van der Waals surface area contributed by atoms with Crippen molar-refractivity contribution in [2.45, 2.75) is 19.4 Å². The van der Waals surface area contributed by atoms with E-state index < -0.39 is 0 Å². The average Bonchev–Trinajstić information content (AvgIpc) is 3.63. The lowest BCUT2D eigenvalue weighted by atomic mass is 9.95. The van der Waals surface area contributed by atoms with Gasteiger partial charge in [0.15, 0.2) is 0 Å². The average molecular weight is 818 g/mol. The van der Waals surface area contributed by atoms with Gasteiger partial charge in [-0.1, -0.05) is 189 Å². The van der Waals surface area contributed by atoms with Crippen molar-refractivity contribution >= 4 is 73.7 Å². The molecule has 2 aliphatic rings. The number of nitrogens with two attached hydrogens (primary N) is 2. The highest BCUT2D eigenvalue weighted by Gasteiger charge is 2.25. The van der Waals surface area contributed by atoms with E-state index in [1.807, 2.05) is 36.4 Å². The summed E-state index contributed by atoms with van der Waals surface area (Å²) >= 11 is 0. The molecule has 1 aromatic heterocycles. The minimum absolute atomic E-state index is 0.234. The topological polar surface area (TPSA) is 72.6 Å². The second kappa shape index (κ2) is 19.2. The largest absolute Gasteiger partial charge is 0.324 e. The summed E-state index contributed by atoms with van der Waals surface area (Å²) in [5.74, 6) is 4.36. The number of benzene rings is 7. The molecule has 0 saturated carbocycles. The Morgan fingerprint density at radius 1 is 0.603 bits per heavy atom. The lowest BCUT2D eigenvalue weighted by Gasteiger charge is -2.31. The van der Waals surface area contributed by atoms with Crippen LogP contribution in [-0.2, 0) is 0 Å². The number of anilines is 3. The molecule has 0 saturated heterocycles. The highest BCUT2D eigenvalue weighted by molar-refractivity contribution is 6.14. The molecule has 1 unspecified atom stereocenters. The Balaban J connectivity index is 0.000000487. The van der Waals surface area contributed by atoms with Crippen LogP contribution in [0.5, 0.6) is 0 Å². The van der Waals surface area contributed by atoms with Crippen molar-refractivity contribution in [3.63, 3.8) is 0 Å².